The summed E-state index contributed by atoms with van der Waals surface area (Å²) in [6, 6.07) is 5.70. The largest absolute Gasteiger partial charge is 0.294 e. The predicted octanol–water partition coefficient (Wildman–Crippen LogP) is 3.57. The quantitative estimate of drug-likeness (QED) is 0.448. The minimum atomic E-state index is -0.304. The molecular formula is C11H12BrFO. The standard InChI is InChI=1S/C11H12BrFO/c12-8-2-1-3-11(14)9-4-6-10(13)7-5-9/h4-7H,1-3,8H2. The molecule has 1 aromatic rings. The van der Waals surface area contributed by atoms with Gasteiger partial charge in [0, 0.05) is 17.3 Å². The Bertz CT molecular complexity index is 295. The number of benzene rings is 1. The Hall–Kier alpha value is -0.700. The lowest BCUT2D eigenvalue weighted by molar-refractivity contribution is 0.0980. The van der Waals surface area contributed by atoms with Crippen molar-refractivity contribution in [3.05, 3.63) is 35.6 Å². The third-order valence-corrected chi connectivity index (χ3v) is 2.51. The van der Waals surface area contributed by atoms with Gasteiger partial charge in [-0.1, -0.05) is 15.9 Å². The van der Waals surface area contributed by atoms with Crippen LogP contribution in [0, 0.1) is 5.82 Å². The highest BCUT2D eigenvalue weighted by molar-refractivity contribution is 9.09. The first-order valence-electron chi connectivity index (χ1n) is 4.59. The molecule has 0 aromatic heterocycles. The summed E-state index contributed by atoms with van der Waals surface area (Å²) in [5.41, 5.74) is 0.598. The van der Waals surface area contributed by atoms with Crippen LogP contribution in [0.1, 0.15) is 29.6 Å². The van der Waals surface area contributed by atoms with Gasteiger partial charge in [0.05, 0.1) is 0 Å². The Kier molecular flexibility index (Phi) is 4.80. The van der Waals surface area contributed by atoms with Crippen molar-refractivity contribution >= 4 is 21.7 Å². The molecule has 0 bridgehead atoms. The first-order valence-corrected chi connectivity index (χ1v) is 5.71. The van der Waals surface area contributed by atoms with Gasteiger partial charge in [0.15, 0.2) is 5.78 Å². The van der Waals surface area contributed by atoms with Gasteiger partial charge in [-0.15, -0.1) is 0 Å². The van der Waals surface area contributed by atoms with E-state index in [1.807, 2.05) is 0 Å². The van der Waals surface area contributed by atoms with Crippen molar-refractivity contribution in [2.45, 2.75) is 19.3 Å². The molecule has 0 aliphatic rings. The van der Waals surface area contributed by atoms with Crippen molar-refractivity contribution in [1.82, 2.24) is 0 Å². The maximum atomic E-state index is 12.5. The van der Waals surface area contributed by atoms with Crippen LogP contribution in [0.25, 0.3) is 0 Å². The summed E-state index contributed by atoms with van der Waals surface area (Å²) in [6.45, 7) is 0. The fourth-order valence-electron chi connectivity index (χ4n) is 1.16. The first-order chi connectivity index (χ1) is 6.74. The molecule has 0 aliphatic heterocycles. The van der Waals surface area contributed by atoms with E-state index in [4.69, 9.17) is 0 Å². The second-order valence-electron chi connectivity index (χ2n) is 3.08. The highest BCUT2D eigenvalue weighted by Crippen LogP contribution is 2.08. The van der Waals surface area contributed by atoms with E-state index < -0.39 is 0 Å². The van der Waals surface area contributed by atoms with Gasteiger partial charge in [0.1, 0.15) is 5.82 Å². The fourth-order valence-corrected chi connectivity index (χ4v) is 1.56. The smallest absolute Gasteiger partial charge is 0.162 e. The average molecular weight is 259 g/mol. The minimum absolute atomic E-state index is 0.0888. The van der Waals surface area contributed by atoms with E-state index in [0.717, 1.165) is 18.2 Å². The maximum absolute atomic E-state index is 12.5. The molecule has 0 spiro atoms. The van der Waals surface area contributed by atoms with Crippen LogP contribution in [0.15, 0.2) is 24.3 Å². The molecule has 0 saturated heterocycles. The molecule has 0 unspecified atom stereocenters. The Morgan fingerprint density at radius 3 is 2.43 bits per heavy atom. The third kappa shape index (κ3) is 3.58. The molecule has 0 radical (unpaired) electrons. The number of carbonyl (C=O) groups is 1. The van der Waals surface area contributed by atoms with Gasteiger partial charge in [-0.2, -0.15) is 0 Å². The van der Waals surface area contributed by atoms with Crippen molar-refractivity contribution in [3.63, 3.8) is 0 Å². The molecule has 76 valence electrons. The van der Waals surface area contributed by atoms with E-state index in [9.17, 15) is 9.18 Å². The van der Waals surface area contributed by atoms with Crippen LogP contribution >= 0.6 is 15.9 Å². The van der Waals surface area contributed by atoms with Crippen LogP contribution in [0.5, 0.6) is 0 Å². The second kappa shape index (κ2) is 5.91. The molecule has 1 nitrogen and oxygen atoms in total. The molecule has 0 aliphatic carbocycles. The predicted molar refractivity (Wildman–Crippen MR) is 58.4 cm³/mol. The number of unbranched alkanes of at least 4 members (excludes halogenated alkanes) is 1. The number of Topliss-reactive ketones (excluding diaryl/α,β-unsaturated/α-hetero) is 1. The van der Waals surface area contributed by atoms with Crippen molar-refractivity contribution < 1.29 is 9.18 Å². The minimum Gasteiger partial charge on any atom is -0.294 e. The molecule has 0 heterocycles. The van der Waals surface area contributed by atoms with Gasteiger partial charge in [0.25, 0.3) is 0 Å². The van der Waals surface area contributed by atoms with Gasteiger partial charge in [-0.25, -0.2) is 4.39 Å². The van der Waals surface area contributed by atoms with Crippen LogP contribution < -0.4 is 0 Å². The molecule has 0 amide bonds. The van der Waals surface area contributed by atoms with E-state index in [2.05, 4.69) is 15.9 Å². The molecule has 0 saturated carbocycles. The summed E-state index contributed by atoms with van der Waals surface area (Å²) in [6.07, 6.45) is 2.41. The Balaban J connectivity index is 2.48. The van der Waals surface area contributed by atoms with Crippen molar-refractivity contribution in [3.8, 4) is 0 Å². The fraction of sp³-hybridized carbons (Fsp3) is 0.364. The molecule has 0 atom stereocenters. The SMILES string of the molecule is O=C(CCCCBr)c1ccc(F)cc1. The van der Waals surface area contributed by atoms with Crippen LogP contribution in [-0.4, -0.2) is 11.1 Å². The Morgan fingerprint density at radius 2 is 1.86 bits per heavy atom. The molecule has 14 heavy (non-hydrogen) atoms. The maximum Gasteiger partial charge on any atom is 0.162 e. The van der Waals surface area contributed by atoms with Crippen molar-refractivity contribution in [2.24, 2.45) is 0 Å². The highest BCUT2D eigenvalue weighted by Gasteiger charge is 2.04. The summed E-state index contributed by atoms with van der Waals surface area (Å²) in [4.78, 5) is 11.5. The molecular weight excluding hydrogens is 247 g/mol. The van der Waals surface area contributed by atoms with Gasteiger partial charge < -0.3 is 0 Å². The number of alkyl halides is 1. The summed E-state index contributed by atoms with van der Waals surface area (Å²) >= 11 is 3.30. The van der Waals surface area contributed by atoms with Gasteiger partial charge in [-0.3, -0.25) is 4.79 Å². The van der Waals surface area contributed by atoms with Crippen LogP contribution in [-0.2, 0) is 0 Å². The first kappa shape index (κ1) is 11.4. The lowest BCUT2D eigenvalue weighted by atomic mass is 10.1. The lowest BCUT2D eigenvalue weighted by Gasteiger charge is -1.99. The van der Waals surface area contributed by atoms with Gasteiger partial charge in [0.2, 0.25) is 0 Å². The van der Waals surface area contributed by atoms with Crippen LogP contribution in [0.2, 0.25) is 0 Å². The van der Waals surface area contributed by atoms with Crippen LogP contribution in [0.4, 0.5) is 4.39 Å². The Labute approximate surface area is 91.5 Å². The number of rotatable bonds is 5. The second-order valence-corrected chi connectivity index (χ2v) is 3.87. The van der Waals surface area contributed by atoms with E-state index in [-0.39, 0.29) is 11.6 Å². The molecule has 1 aromatic carbocycles. The summed E-state index contributed by atoms with van der Waals surface area (Å²) in [5, 5.41) is 0.920. The number of hydrogen-bond donors (Lipinski definition) is 0. The molecule has 0 fully saturated rings. The van der Waals surface area contributed by atoms with Crippen LogP contribution in [0.3, 0.4) is 0 Å². The van der Waals surface area contributed by atoms with Gasteiger partial charge in [-0.05, 0) is 37.1 Å². The normalized spacial score (nSPS) is 10.1. The van der Waals surface area contributed by atoms with Crippen molar-refractivity contribution in [2.75, 3.05) is 5.33 Å². The Morgan fingerprint density at radius 1 is 1.21 bits per heavy atom. The molecule has 3 heteroatoms. The zero-order chi connectivity index (χ0) is 10.4. The zero-order valence-corrected chi connectivity index (χ0v) is 9.39. The van der Waals surface area contributed by atoms with Gasteiger partial charge >= 0.3 is 0 Å². The lowest BCUT2D eigenvalue weighted by Crippen LogP contribution is -1.98. The summed E-state index contributed by atoms with van der Waals surface area (Å²) in [7, 11) is 0. The number of halogens is 2. The third-order valence-electron chi connectivity index (χ3n) is 1.95. The average Bonchev–Trinajstić information content (AvgIpc) is 2.19. The van der Waals surface area contributed by atoms with E-state index in [1.165, 1.54) is 24.3 Å². The monoisotopic (exact) mass is 258 g/mol. The van der Waals surface area contributed by atoms with E-state index >= 15 is 0 Å². The molecule has 0 N–H and O–H groups in total. The summed E-state index contributed by atoms with van der Waals surface area (Å²) < 4.78 is 12.5. The molecule has 1 rings (SSSR count). The number of ketones is 1. The number of hydrogen-bond acceptors (Lipinski definition) is 1. The van der Waals surface area contributed by atoms with E-state index in [1.54, 1.807) is 0 Å². The van der Waals surface area contributed by atoms with E-state index in [0.29, 0.717) is 12.0 Å². The topological polar surface area (TPSA) is 17.1 Å². The zero-order valence-electron chi connectivity index (χ0n) is 7.80. The summed E-state index contributed by atoms with van der Waals surface area (Å²) in [5.74, 6) is -0.215. The van der Waals surface area contributed by atoms with Crippen molar-refractivity contribution in [1.29, 1.82) is 0 Å². The highest BCUT2D eigenvalue weighted by atomic mass is 79.9. The number of carbonyl (C=O) groups excluding carboxylic acids is 1.